The summed E-state index contributed by atoms with van der Waals surface area (Å²) in [4.78, 5) is 27.0. The van der Waals surface area contributed by atoms with E-state index in [0.29, 0.717) is 24.4 Å². The maximum Gasteiger partial charge on any atom is 0.433 e. The van der Waals surface area contributed by atoms with Crippen molar-refractivity contribution in [2.75, 3.05) is 6.54 Å². The molecule has 0 aliphatic carbocycles. The number of aryl methyl sites for hydroxylation is 2. The van der Waals surface area contributed by atoms with E-state index in [1.54, 1.807) is 11.8 Å². The summed E-state index contributed by atoms with van der Waals surface area (Å²) in [6.07, 6.45) is 0.629. The minimum Gasteiger partial charge on any atom is -0.329 e. The molecule has 4 rings (SSSR count). The quantitative estimate of drug-likeness (QED) is 0.653. The van der Waals surface area contributed by atoms with Crippen LogP contribution in [0.4, 0.5) is 13.2 Å². The largest absolute Gasteiger partial charge is 0.433 e. The summed E-state index contributed by atoms with van der Waals surface area (Å²) in [5.41, 5.74) is 0.767. The first-order chi connectivity index (χ1) is 13.7. The SMILES string of the molecule is Cc1cnc(C(=O)N2CCCC[C@H]2c2cc3nc(C)cc(C(F)(F)F)n3n2)cn1. The number of carbonyl (C=O) groups is 1. The van der Waals surface area contributed by atoms with Gasteiger partial charge in [0, 0.05) is 24.5 Å². The van der Waals surface area contributed by atoms with Crippen LogP contribution in [0.2, 0.25) is 0 Å². The topological polar surface area (TPSA) is 76.3 Å². The zero-order chi connectivity index (χ0) is 20.8. The molecule has 0 N–H and O–H groups in total. The third-order valence-corrected chi connectivity index (χ3v) is 4.97. The molecule has 0 spiro atoms. The van der Waals surface area contributed by atoms with Gasteiger partial charge in [-0.05, 0) is 39.2 Å². The predicted molar refractivity (Wildman–Crippen MR) is 97.1 cm³/mol. The molecule has 3 aromatic heterocycles. The molecule has 1 fully saturated rings. The zero-order valence-corrected chi connectivity index (χ0v) is 15.9. The monoisotopic (exact) mass is 404 g/mol. The molecule has 1 atom stereocenters. The molecule has 4 heterocycles. The number of carbonyl (C=O) groups excluding carboxylic acids is 1. The Labute approximate surface area is 164 Å². The number of likely N-dealkylation sites (tertiary alicyclic amines) is 1. The summed E-state index contributed by atoms with van der Waals surface area (Å²) in [6.45, 7) is 3.76. The second kappa shape index (κ2) is 7.09. The molecule has 0 radical (unpaired) electrons. The number of alkyl halides is 3. The van der Waals surface area contributed by atoms with Gasteiger partial charge in [0.25, 0.3) is 5.91 Å². The molecule has 29 heavy (non-hydrogen) atoms. The first-order valence-electron chi connectivity index (χ1n) is 9.28. The molecule has 0 unspecified atom stereocenters. The Balaban J connectivity index is 1.74. The number of hydrogen-bond acceptors (Lipinski definition) is 5. The Morgan fingerprint density at radius 2 is 1.90 bits per heavy atom. The van der Waals surface area contributed by atoms with E-state index in [2.05, 4.69) is 20.1 Å². The Hall–Kier alpha value is -3.04. The molecule has 1 aliphatic heterocycles. The molecule has 0 aromatic carbocycles. The maximum atomic E-state index is 13.4. The molecule has 1 saturated heterocycles. The van der Waals surface area contributed by atoms with Crippen molar-refractivity contribution in [2.24, 2.45) is 0 Å². The molecule has 10 heteroatoms. The van der Waals surface area contributed by atoms with Crippen LogP contribution in [-0.4, -0.2) is 41.9 Å². The fourth-order valence-corrected chi connectivity index (χ4v) is 3.61. The van der Waals surface area contributed by atoms with Crippen LogP contribution in [0.25, 0.3) is 5.65 Å². The number of rotatable bonds is 2. The van der Waals surface area contributed by atoms with E-state index in [4.69, 9.17) is 0 Å². The molecular formula is C19H19F3N6O. The van der Waals surface area contributed by atoms with E-state index in [-0.39, 0.29) is 22.9 Å². The number of fused-ring (bicyclic) bond motifs is 1. The van der Waals surface area contributed by atoms with Gasteiger partial charge in [-0.2, -0.15) is 18.3 Å². The van der Waals surface area contributed by atoms with E-state index >= 15 is 0 Å². The van der Waals surface area contributed by atoms with Gasteiger partial charge in [-0.3, -0.25) is 9.78 Å². The molecule has 152 valence electrons. The second-order valence-corrected chi connectivity index (χ2v) is 7.17. The van der Waals surface area contributed by atoms with Crippen LogP contribution in [0.3, 0.4) is 0 Å². The third kappa shape index (κ3) is 3.66. The highest BCUT2D eigenvalue weighted by molar-refractivity contribution is 5.92. The smallest absolute Gasteiger partial charge is 0.329 e. The van der Waals surface area contributed by atoms with Crippen LogP contribution in [0.15, 0.2) is 24.5 Å². The van der Waals surface area contributed by atoms with Crippen LogP contribution in [0.5, 0.6) is 0 Å². The fraction of sp³-hybridized carbons (Fsp3) is 0.421. The highest BCUT2D eigenvalue weighted by Gasteiger charge is 2.36. The van der Waals surface area contributed by atoms with Crippen LogP contribution < -0.4 is 0 Å². The third-order valence-electron chi connectivity index (χ3n) is 4.97. The minimum atomic E-state index is -4.56. The van der Waals surface area contributed by atoms with Crippen molar-refractivity contribution in [3.05, 3.63) is 53.0 Å². The van der Waals surface area contributed by atoms with Crippen LogP contribution in [0.1, 0.15) is 58.6 Å². The highest BCUT2D eigenvalue weighted by Crippen LogP contribution is 2.34. The highest BCUT2D eigenvalue weighted by atomic mass is 19.4. The van der Waals surface area contributed by atoms with Gasteiger partial charge in [-0.1, -0.05) is 0 Å². The summed E-state index contributed by atoms with van der Waals surface area (Å²) < 4.78 is 41.1. The molecule has 0 saturated carbocycles. The number of hydrogen-bond donors (Lipinski definition) is 0. The van der Waals surface area contributed by atoms with Gasteiger partial charge < -0.3 is 4.90 Å². The second-order valence-electron chi connectivity index (χ2n) is 7.17. The Morgan fingerprint density at radius 1 is 1.10 bits per heavy atom. The number of nitrogens with zero attached hydrogens (tertiary/aromatic N) is 6. The van der Waals surface area contributed by atoms with Crippen LogP contribution in [-0.2, 0) is 6.18 Å². The minimum absolute atomic E-state index is 0.112. The molecule has 1 aliphatic rings. The zero-order valence-electron chi connectivity index (χ0n) is 15.9. The average Bonchev–Trinajstić information content (AvgIpc) is 3.10. The number of aromatic nitrogens is 5. The average molecular weight is 404 g/mol. The molecule has 7 nitrogen and oxygen atoms in total. The van der Waals surface area contributed by atoms with Gasteiger partial charge >= 0.3 is 6.18 Å². The normalized spacial score (nSPS) is 17.7. The lowest BCUT2D eigenvalue weighted by Crippen LogP contribution is -2.39. The van der Waals surface area contributed by atoms with Crippen molar-refractivity contribution in [3.8, 4) is 0 Å². The number of halogens is 3. The van der Waals surface area contributed by atoms with Crippen molar-refractivity contribution in [2.45, 2.75) is 45.3 Å². The maximum absolute atomic E-state index is 13.4. The van der Waals surface area contributed by atoms with E-state index in [1.165, 1.54) is 25.4 Å². The number of amides is 1. The van der Waals surface area contributed by atoms with Crippen LogP contribution >= 0.6 is 0 Å². The van der Waals surface area contributed by atoms with E-state index in [0.717, 1.165) is 23.4 Å². The van der Waals surface area contributed by atoms with E-state index in [9.17, 15) is 18.0 Å². The van der Waals surface area contributed by atoms with Gasteiger partial charge in [-0.25, -0.2) is 14.5 Å². The summed E-state index contributed by atoms with van der Waals surface area (Å²) in [5.74, 6) is -0.306. The summed E-state index contributed by atoms with van der Waals surface area (Å²) in [5, 5.41) is 4.19. The van der Waals surface area contributed by atoms with Gasteiger partial charge in [0.1, 0.15) is 11.4 Å². The molecule has 0 bridgehead atoms. The van der Waals surface area contributed by atoms with E-state index in [1.807, 2.05) is 0 Å². The Bertz CT molecular complexity index is 1060. The first kappa shape index (κ1) is 19.3. The van der Waals surface area contributed by atoms with Crippen molar-refractivity contribution >= 4 is 11.6 Å². The molecule has 3 aromatic rings. The van der Waals surface area contributed by atoms with Crippen molar-refractivity contribution in [1.29, 1.82) is 0 Å². The van der Waals surface area contributed by atoms with Crippen LogP contribution in [0, 0.1) is 13.8 Å². The standard InChI is InChI=1S/C19H19F3N6O/c1-11-7-16(19(20,21)22)28-17(25-11)8-13(26-28)15-5-3-4-6-27(15)18(29)14-10-23-12(2)9-24-14/h7-10,15H,3-6H2,1-2H3/t15-/m0/s1. The van der Waals surface area contributed by atoms with Crippen molar-refractivity contribution in [1.82, 2.24) is 29.5 Å². The Morgan fingerprint density at radius 3 is 2.59 bits per heavy atom. The predicted octanol–water partition coefficient (Wildman–Crippen LogP) is 3.52. The molecular weight excluding hydrogens is 385 g/mol. The van der Waals surface area contributed by atoms with Crippen molar-refractivity contribution < 1.29 is 18.0 Å². The summed E-state index contributed by atoms with van der Waals surface area (Å²) in [7, 11) is 0. The first-order valence-corrected chi connectivity index (χ1v) is 9.28. The van der Waals surface area contributed by atoms with Crippen molar-refractivity contribution in [3.63, 3.8) is 0 Å². The lowest BCUT2D eigenvalue weighted by molar-refractivity contribution is -0.142. The Kier molecular flexibility index (Phi) is 4.71. The van der Waals surface area contributed by atoms with Gasteiger partial charge in [0.05, 0.1) is 23.6 Å². The van der Waals surface area contributed by atoms with Gasteiger partial charge in [0.2, 0.25) is 0 Å². The van der Waals surface area contributed by atoms with Gasteiger partial charge in [-0.15, -0.1) is 0 Å². The fourth-order valence-electron chi connectivity index (χ4n) is 3.61. The summed E-state index contributed by atoms with van der Waals surface area (Å²) >= 11 is 0. The van der Waals surface area contributed by atoms with Gasteiger partial charge in [0.15, 0.2) is 5.65 Å². The lowest BCUT2D eigenvalue weighted by Gasteiger charge is -2.34. The molecule has 1 amide bonds. The summed E-state index contributed by atoms with van der Waals surface area (Å²) in [6, 6.07) is 2.05. The lowest BCUT2D eigenvalue weighted by atomic mass is 9.99. The van der Waals surface area contributed by atoms with E-state index < -0.39 is 17.9 Å². The number of piperidine rings is 1.